The molecule has 1 aromatic heterocycles. The van der Waals surface area contributed by atoms with Gasteiger partial charge in [0.2, 0.25) is 5.78 Å². The van der Waals surface area contributed by atoms with E-state index in [2.05, 4.69) is 4.98 Å². The second-order valence-electron chi connectivity index (χ2n) is 6.32. The molecule has 0 aliphatic rings. The number of hydrogen-bond donors (Lipinski definition) is 1. The first-order valence-corrected chi connectivity index (χ1v) is 8.85. The summed E-state index contributed by atoms with van der Waals surface area (Å²) in [5, 5.41) is 9.11. The minimum absolute atomic E-state index is 0.00111. The first kappa shape index (κ1) is 21.7. The number of hydrogen-bond acceptors (Lipinski definition) is 7. The summed E-state index contributed by atoms with van der Waals surface area (Å²) in [5.41, 5.74) is 1.67. The first-order valence-electron chi connectivity index (χ1n) is 8.85. The van der Waals surface area contributed by atoms with Crippen LogP contribution in [0.3, 0.4) is 0 Å². The number of ketones is 1. The number of rotatable bonds is 8. The molecule has 1 heterocycles. The molecule has 0 atom stereocenters. The summed E-state index contributed by atoms with van der Waals surface area (Å²) < 4.78 is 15.4. The van der Waals surface area contributed by atoms with Crippen molar-refractivity contribution in [2.75, 3.05) is 20.8 Å². The number of aromatic nitrogens is 1. The summed E-state index contributed by atoms with van der Waals surface area (Å²) in [6.45, 7) is 2.93. The highest BCUT2D eigenvalue weighted by Gasteiger charge is 2.17. The summed E-state index contributed by atoms with van der Waals surface area (Å²) in [6, 6.07) is 6.65. The van der Waals surface area contributed by atoms with E-state index >= 15 is 0 Å². The lowest BCUT2D eigenvalue weighted by molar-refractivity contribution is -0.142. The lowest BCUT2D eigenvalue weighted by atomic mass is 9.99. The van der Waals surface area contributed by atoms with Crippen LogP contribution in [0, 0.1) is 25.2 Å². The van der Waals surface area contributed by atoms with Crippen molar-refractivity contribution in [2.24, 2.45) is 0 Å². The van der Waals surface area contributed by atoms with Crippen LogP contribution >= 0.6 is 0 Å². The van der Waals surface area contributed by atoms with Gasteiger partial charge in [0.15, 0.2) is 6.61 Å². The van der Waals surface area contributed by atoms with Gasteiger partial charge in [-0.25, -0.2) is 0 Å². The number of aromatic amines is 1. The molecule has 8 nitrogen and oxygen atoms in total. The summed E-state index contributed by atoms with van der Waals surface area (Å²) in [4.78, 5) is 38.9. The molecule has 152 valence electrons. The van der Waals surface area contributed by atoms with Gasteiger partial charge in [0.1, 0.15) is 23.1 Å². The Balaban J connectivity index is 2.02. The molecule has 29 heavy (non-hydrogen) atoms. The highest BCUT2D eigenvalue weighted by molar-refractivity contribution is 6.00. The Morgan fingerprint density at radius 3 is 2.52 bits per heavy atom. The van der Waals surface area contributed by atoms with Crippen molar-refractivity contribution >= 4 is 11.8 Å². The zero-order chi connectivity index (χ0) is 21.6. The van der Waals surface area contributed by atoms with E-state index in [9.17, 15) is 14.4 Å². The van der Waals surface area contributed by atoms with Crippen LogP contribution < -0.4 is 15.0 Å². The van der Waals surface area contributed by atoms with Gasteiger partial charge in [-0.05, 0) is 49.6 Å². The van der Waals surface area contributed by atoms with E-state index in [0.717, 1.165) is 0 Å². The maximum Gasteiger partial charge on any atom is 0.306 e. The van der Waals surface area contributed by atoms with Gasteiger partial charge < -0.3 is 19.2 Å². The van der Waals surface area contributed by atoms with Crippen molar-refractivity contribution in [3.05, 3.63) is 56.5 Å². The summed E-state index contributed by atoms with van der Waals surface area (Å²) >= 11 is 0. The fraction of sp³-hybridized carbons (Fsp3) is 0.333. The number of Topliss-reactive ketones (excluding diaryl/α,β-unsaturated/α-hetero) is 1. The highest BCUT2D eigenvalue weighted by Crippen LogP contribution is 2.24. The molecule has 0 radical (unpaired) electrons. The molecule has 2 aromatic rings. The maximum atomic E-state index is 12.4. The maximum absolute atomic E-state index is 12.4. The normalized spacial score (nSPS) is 10.2. The van der Waals surface area contributed by atoms with Crippen molar-refractivity contribution in [1.82, 2.24) is 4.98 Å². The van der Waals surface area contributed by atoms with E-state index in [1.165, 1.54) is 20.3 Å². The average Bonchev–Trinajstić information content (AvgIpc) is 2.71. The second-order valence-corrected chi connectivity index (χ2v) is 6.32. The van der Waals surface area contributed by atoms with Crippen molar-refractivity contribution < 1.29 is 23.8 Å². The molecule has 0 fully saturated rings. The molecule has 1 aromatic carbocycles. The van der Waals surface area contributed by atoms with Crippen molar-refractivity contribution in [3.8, 4) is 17.6 Å². The molecule has 1 N–H and O–H groups in total. The van der Waals surface area contributed by atoms with E-state index in [4.69, 9.17) is 19.5 Å². The van der Waals surface area contributed by atoms with Crippen LogP contribution in [0.15, 0.2) is 23.0 Å². The number of nitriles is 1. The average molecular weight is 398 g/mol. The number of pyridine rings is 1. The van der Waals surface area contributed by atoms with Crippen molar-refractivity contribution in [1.29, 1.82) is 5.26 Å². The molecule has 8 heteroatoms. The Kier molecular flexibility index (Phi) is 7.15. The van der Waals surface area contributed by atoms with Crippen molar-refractivity contribution in [3.63, 3.8) is 0 Å². The van der Waals surface area contributed by atoms with Crippen LogP contribution in [0.25, 0.3) is 0 Å². The molecule has 0 amide bonds. The van der Waals surface area contributed by atoms with Gasteiger partial charge in [0, 0.05) is 12.1 Å². The molecule has 2 rings (SSSR count). The fourth-order valence-corrected chi connectivity index (χ4v) is 2.98. The highest BCUT2D eigenvalue weighted by atomic mass is 16.5. The molecule has 0 bridgehead atoms. The van der Waals surface area contributed by atoms with Crippen LogP contribution in [0.2, 0.25) is 0 Å². The number of esters is 1. The lowest BCUT2D eigenvalue weighted by Gasteiger charge is -2.11. The summed E-state index contributed by atoms with van der Waals surface area (Å²) in [6.07, 6.45) is 0.278. The monoisotopic (exact) mass is 398 g/mol. The number of H-pyrrole nitrogens is 1. The van der Waals surface area contributed by atoms with Gasteiger partial charge in [-0.1, -0.05) is 0 Å². The third-order valence-electron chi connectivity index (χ3n) is 4.57. The van der Waals surface area contributed by atoms with Gasteiger partial charge in [-0.15, -0.1) is 0 Å². The number of benzene rings is 1. The Labute approximate surface area is 168 Å². The van der Waals surface area contributed by atoms with E-state index < -0.39 is 23.9 Å². The molecule has 0 aliphatic heterocycles. The van der Waals surface area contributed by atoms with E-state index in [-0.39, 0.29) is 24.0 Å². The predicted molar refractivity (Wildman–Crippen MR) is 104 cm³/mol. The Morgan fingerprint density at radius 1 is 1.17 bits per heavy atom. The lowest BCUT2D eigenvalue weighted by Crippen LogP contribution is -2.18. The van der Waals surface area contributed by atoms with E-state index in [1.807, 2.05) is 6.07 Å². The Bertz CT molecular complexity index is 1030. The number of methoxy groups -OCH3 is 2. The third-order valence-corrected chi connectivity index (χ3v) is 4.57. The Hall–Kier alpha value is -3.60. The summed E-state index contributed by atoms with van der Waals surface area (Å²) in [5.74, 6) is -0.144. The molecule has 0 saturated carbocycles. The summed E-state index contributed by atoms with van der Waals surface area (Å²) in [7, 11) is 2.92. The van der Waals surface area contributed by atoms with Gasteiger partial charge in [0.05, 0.1) is 19.8 Å². The molecule has 0 saturated heterocycles. The van der Waals surface area contributed by atoms with Gasteiger partial charge in [0.25, 0.3) is 5.56 Å². The quantitative estimate of drug-likeness (QED) is 0.535. The van der Waals surface area contributed by atoms with Crippen LogP contribution in [0.5, 0.6) is 11.5 Å². The SMILES string of the molecule is COc1ccc(OC)c(C(=O)COC(=O)CCc2c(C)[nH]c(=O)c(C#N)c2C)c1. The van der Waals surface area contributed by atoms with Crippen LogP contribution in [0.1, 0.15) is 39.2 Å². The third kappa shape index (κ3) is 5.02. The minimum Gasteiger partial charge on any atom is -0.497 e. The fourth-order valence-electron chi connectivity index (χ4n) is 2.98. The van der Waals surface area contributed by atoms with Crippen LogP contribution in [-0.4, -0.2) is 37.6 Å². The van der Waals surface area contributed by atoms with Gasteiger partial charge in [-0.2, -0.15) is 5.26 Å². The molecule has 0 spiro atoms. The van der Waals surface area contributed by atoms with Gasteiger partial charge in [-0.3, -0.25) is 14.4 Å². The van der Waals surface area contributed by atoms with Crippen LogP contribution in [-0.2, 0) is 16.0 Å². The zero-order valence-corrected chi connectivity index (χ0v) is 16.8. The molecular formula is C21H22N2O6. The number of ether oxygens (including phenoxy) is 3. The minimum atomic E-state index is -0.566. The number of carbonyl (C=O) groups excluding carboxylic acids is 2. The zero-order valence-electron chi connectivity index (χ0n) is 16.8. The predicted octanol–water partition coefficient (Wildman–Crippen LogP) is 2.24. The van der Waals surface area contributed by atoms with Gasteiger partial charge >= 0.3 is 5.97 Å². The number of carbonyl (C=O) groups is 2. The van der Waals surface area contributed by atoms with Crippen molar-refractivity contribution in [2.45, 2.75) is 26.7 Å². The smallest absolute Gasteiger partial charge is 0.306 e. The molecule has 0 unspecified atom stereocenters. The van der Waals surface area contributed by atoms with E-state index in [0.29, 0.717) is 28.3 Å². The number of aryl methyl sites for hydroxylation is 1. The molecule has 0 aliphatic carbocycles. The number of nitrogens with zero attached hydrogens (tertiary/aromatic N) is 1. The van der Waals surface area contributed by atoms with E-state index in [1.54, 1.807) is 26.0 Å². The number of nitrogens with one attached hydrogen (secondary N) is 1. The first-order chi connectivity index (χ1) is 13.8. The standard InChI is InChI=1S/C21H22N2O6/c1-12-15(13(2)23-21(26)17(12)10-22)6-8-20(25)29-11-18(24)16-9-14(27-3)5-7-19(16)28-4/h5,7,9H,6,8,11H2,1-4H3,(H,23,26). The molecular weight excluding hydrogens is 376 g/mol. The van der Waals surface area contributed by atoms with Crippen LogP contribution in [0.4, 0.5) is 0 Å². The Morgan fingerprint density at radius 2 is 1.90 bits per heavy atom. The largest absolute Gasteiger partial charge is 0.497 e. The second kappa shape index (κ2) is 9.55. The topological polar surface area (TPSA) is 118 Å².